The maximum absolute atomic E-state index is 14.1. The highest BCUT2D eigenvalue weighted by Crippen LogP contribution is 2.19. The maximum atomic E-state index is 14.1. The second kappa shape index (κ2) is 19.9. The molecule has 0 aliphatic carbocycles. The molecule has 4 N–H and O–H groups in total. The average Bonchev–Trinajstić information content (AvgIpc) is 3.09. The minimum atomic E-state index is -1.49. The molecule has 52 heavy (non-hydrogen) atoms. The zero-order valence-electron chi connectivity index (χ0n) is 34.1. The zero-order valence-corrected chi connectivity index (χ0v) is 34.1. The van der Waals surface area contributed by atoms with Crippen molar-refractivity contribution in [1.82, 2.24) is 35.6 Å². The lowest BCUT2D eigenvalue weighted by molar-refractivity contribution is -0.150. The molecule has 9 atom stereocenters. The predicted octanol–water partition coefficient (Wildman–Crippen LogP) is 0.977. The van der Waals surface area contributed by atoms with Crippen LogP contribution in [0.3, 0.4) is 0 Å². The fourth-order valence-electron chi connectivity index (χ4n) is 6.03. The monoisotopic (exact) mass is 738 g/mol. The molecule has 7 amide bonds. The number of likely N-dealkylation sites (N-methyl/N-ethyl adjacent to an activating group) is 4. The third kappa shape index (κ3) is 11.6. The molecule has 0 aromatic heterocycles. The highest BCUT2D eigenvalue weighted by molar-refractivity contribution is 5.98. The van der Waals surface area contributed by atoms with Gasteiger partial charge in [-0.25, -0.2) is 0 Å². The van der Waals surface area contributed by atoms with Crippen molar-refractivity contribution in [2.45, 2.75) is 144 Å². The van der Waals surface area contributed by atoms with Crippen LogP contribution in [0.15, 0.2) is 0 Å². The largest absolute Gasteiger partial charge is 0.390 e. The molecular formula is C37H67N7O8. The summed E-state index contributed by atoms with van der Waals surface area (Å²) in [7, 11) is 5.77. The number of carbonyl (C=O) groups is 7. The van der Waals surface area contributed by atoms with Crippen molar-refractivity contribution in [2.24, 2.45) is 23.7 Å². The van der Waals surface area contributed by atoms with Gasteiger partial charge in [0.15, 0.2) is 0 Å². The summed E-state index contributed by atoms with van der Waals surface area (Å²) in [6.07, 6.45) is -0.371. The Labute approximate surface area is 310 Å². The molecule has 0 radical (unpaired) electrons. The number of rotatable bonds is 8. The van der Waals surface area contributed by atoms with E-state index in [4.69, 9.17) is 0 Å². The van der Waals surface area contributed by atoms with E-state index in [1.54, 1.807) is 20.8 Å². The Hall–Kier alpha value is -3.75. The summed E-state index contributed by atoms with van der Waals surface area (Å²) in [4.78, 5) is 102. The van der Waals surface area contributed by atoms with Crippen LogP contribution in [0.1, 0.15) is 95.4 Å². The second-order valence-corrected chi connectivity index (χ2v) is 15.8. The van der Waals surface area contributed by atoms with Crippen molar-refractivity contribution in [3.63, 3.8) is 0 Å². The number of hydrogen-bond donors (Lipinski definition) is 4. The lowest BCUT2D eigenvalue weighted by Gasteiger charge is -2.37. The highest BCUT2D eigenvalue weighted by atomic mass is 16.3. The van der Waals surface area contributed by atoms with Crippen LogP contribution < -0.4 is 16.0 Å². The van der Waals surface area contributed by atoms with Gasteiger partial charge in [0, 0.05) is 28.2 Å². The molecule has 1 rings (SSSR count). The number of amides is 7. The molecule has 15 heteroatoms. The van der Waals surface area contributed by atoms with Gasteiger partial charge in [-0.2, -0.15) is 0 Å². The molecule has 1 saturated heterocycles. The van der Waals surface area contributed by atoms with Crippen LogP contribution in [0, 0.1) is 23.7 Å². The van der Waals surface area contributed by atoms with E-state index in [9.17, 15) is 38.7 Å². The summed E-state index contributed by atoms with van der Waals surface area (Å²) in [5.74, 6) is -5.26. The van der Waals surface area contributed by atoms with Gasteiger partial charge in [-0.05, 0) is 57.3 Å². The van der Waals surface area contributed by atoms with Crippen molar-refractivity contribution < 1.29 is 38.7 Å². The van der Waals surface area contributed by atoms with Crippen LogP contribution in [0.5, 0.6) is 0 Å². The molecule has 2 unspecified atom stereocenters. The Kier molecular flexibility index (Phi) is 17.7. The first-order chi connectivity index (χ1) is 23.9. The molecule has 0 aromatic carbocycles. The van der Waals surface area contributed by atoms with Crippen LogP contribution >= 0.6 is 0 Å². The first kappa shape index (κ1) is 46.3. The summed E-state index contributed by atoms with van der Waals surface area (Å²) in [5.41, 5.74) is 0. The van der Waals surface area contributed by atoms with Crippen molar-refractivity contribution >= 4 is 41.4 Å². The molecule has 0 saturated carbocycles. The van der Waals surface area contributed by atoms with Crippen LogP contribution in [0.25, 0.3) is 0 Å². The van der Waals surface area contributed by atoms with Crippen LogP contribution in [-0.4, -0.2) is 143 Å². The number of nitrogens with one attached hydrogen (secondary N) is 3. The van der Waals surface area contributed by atoms with E-state index in [2.05, 4.69) is 16.0 Å². The Balaban J connectivity index is 3.92. The minimum absolute atomic E-state index is 0.0253. The molecule has 0 aromatic rings. The standard InChI is InChI=1S/C37H67N7O8/c1-16-22(8)28-37(52)43(14)25(11)35(50)44(15)27(18-20(4)5)32(47)38-26(17-19(2)3)36(51)42(13)24(10)34(49)41(12)23(9)31(46)40-29(33(48)39-28)30(45)21(6)7/h19-30,45H,16-18H2,1-15H3,(H,38,47)(H,39,48)(H,40,46)/t22-,23+,24-,25-,26-,27-,28?,29?,30+/m0/s1. The molecule has 1 fully saturated rings. The van der Waals surface area contributed by atoms with Gasteiger partial charge in [-0.15, -0.1) is 0 Å². The topological polar surface area (TPSA) is 189 Å². The van der Waals surface area contributed by atoms with Gasteiger partial charge in [0.2, 0.25) is 41.4 Å². The quantitative estimate of drug-likeness (QED) is 0.284. The summed E-state index contributed by atoms with van der Waals surface area (Å²) >= 11 is 0. The summed E-state index contributed by atoms with van der Waals surface area (Å²) in [6, 6.07) is -7.89. The lowest BCUT2D eigenvalue weighted by atomic mass is 9.94. The minimum Gasteiger partial charge on any atom is -0.390 e. The Morgan fingerprint density at radius 3 is 1.46 bits per heavy atom. The van der Waals surface area contributed by atoms with Gasteiger partial charge in [-0.1, -0.05) is 61.8 Å². The summed E-state index contributed by atoms with van der Waals surface area (Å²) < 4.78 is 0. The van der Waals surface area contributed by atoms with E-state index in [0.717, 1.165) is 4.90 Å². The van der Waals surface area contributed by atoms with Crippen LogP contribution in [0.4, 0.5) is 0 Å². The molecule has 15 nitrogen and oxygen atoms in total. The third-order valence-electron chi connectivity index (χ3n) is 10.4. The Bertz CT molecular complexity index is 1290. The number of hydrogen-bond acceptors (Lipinski definition) is 8. The van der Waals surface area contributed by atoms with Crippen LogP contribution in [0.2, 0.25) is 0 Å². The molecule has 1 aliphatic heterocycles. The lowest BCUT2D eigenvalue weighted by Crippen LogP contribution is -2.63. The van der Waals surface area contributed by atoms with Crippen molar-refractivity contribution in [1.29, 1.82) is 0 Å². The van der Waals surface area contributed by atoms with E-state index in [1.165, 1.54) is 63.7 Å². The molecule has 0 spiro atoms. The van der Waals surface area contributed by atoms with Gasteiger partial charge in [-0.3, -0.25) is 33.6 Å². The number of aliphatic hydroxyl groups excluding tert-OH is 1. The van der Waals surface area contributed by atoms with E-state index >= 15 is 0 Å². The van der Waals surface area contributed by atoms with Gasteiger partial charge in [0.1, 0.15) is 42.3 Å². The SMILES string of the molecule is CC[C@H](C)C1NC(=O)C([C@H](O)C(C)C)NC(=O)[C@@H](C)N(C)C(=O)[C@H](C)N(C)C(=O)[C@H](CC(C)C)NC(=O)[C@H](CC(C)C)N(C)C(=O)[C@H](C)N(C)C1=O. The van der Waals surface area contributed by atoms with Crippen molar-refractivity contribution in [3.8, 4) is 0 Å². The van der Waals surface area contributed by atoms with E-state index in [1.807, 2.05) is 34.6 Å². The molecule has 298 valence electrons. The van der Waals surface area contributed by atoms with E-state index in [0.29, 0.717) is 6.42 Å². The second-order valence-electron chi connectivity index (χ2n) is 15.8. The number of carbonyl (C=O) groups excluding carboxylic acids is 7. The molecule has 1 aliphatic rings. The Morgan fingerprint density at radius 1 is 0.558 bits per heavy atom. The highest BCUT2D eigenvalue weighted by Gasteiger charge is 2.41. The summed E-state index contributed by atoms with van der Waals surface area (Å²) in [5, 5.41) is 19.3. The van der Waals surface area contributed by atoms with Crippen molar-refractivity contribution in [2.75, 3.05) is 28.2 Å². The molecule has 0 bridgehead atoms. The Morgan fingerprint density at radius 2 is 1.00 bits per heavy atom. The number of nitrogens with zero attached hydrogens (tertiary/aromatic N) is 4. The molecular weight excluding hydrogens is 670 g/mol. The van der Waals surface area contributed by atoms with Crippen molar-refractivity contribution in [3.05, 3.63) is 0 Å². The van der Waals surface area contributed by atoms with Gasteiger partial charge in [0.25, 0.3) is 0 Å². The number of aliphatic hydroxyl groups is 1. The van der Waals surface area contributed by atoms with Gasteiger partial charge in [0.05, 0.1) is 6.10 Å². The fraction of sp³-hybridized carbons (Fsp3) is 0.811. The third-order valence-corrected chi connectivity index (χ3v) is 10.4. The van der Waals surface area contributed by atoms with Gasteiger partial charge >= 0.3 is 0 Å². The normalized spacial score (nSPS) is 28.6. The van der Waals surface area contributed by atoms with E-state index in [-0.39, 0.29) is 24.7 Å². The van der Waals surface area contributed by atoms with Gasteiger partial charge < -0.3 is 40.7 Å². The molecule has 1 heterocycles. The van der Waals surface area contributed by atoms with Crippen LogP contribution in [-0.2, 0) is 33.6 Å². The smallest absolute Gasteiger partial charge is 0.245 e. The average molecular weight is 738 g/mol. The first-order valence-electron chi connectivity index (χ1n) is 18.6. The maximum Gasteiger partial charge on any atom is 0.245 e. The predicted molar refractivity (Wildman–Crippen MR) is 198 cm³/mol. The zero-order chi connectivity index (χ0) is 40.5. The van der Waals surface area contributed by atoms with E-state index < -0.39 is 102 Å². The fourth-order valence-corrected chi connectivity index (χ4v) is 6.03. The summed E-state index contributed by atoms with van der Waals surface area (Å²) in [6.45, 7) is 19.1. The first-order valence-corrected chi connectivity index (χ1v) is 18.6.